The lowest BCUT2D eigenvalue weighted by atomic mass is 9.99. The quantitative estimate of drug-likeness (QED) is 0.107. The van der Waals surface area contributed by atoms with Gasteiger partial charge >= 0.3 is 6.18 Å². The number of benzene rings is 3. The molecule has 1 unspecified atom stereocenters. The molecule has 4 amide bonds. The van der Waals surface area contributed by atoms with E-state index in [-0.39, 0.29) is 30.1 Å². The Morgan fingerprint density at radius 1 is 0.889 bits per heavy atom. The van der Waals surface area contributed by atoms with Crippen molar-refractivity contribution < 1.29 is 37.1 Å². The van der Waals surface area contributed by atoms with E-state index in [0.717, 1.165) is 78.1 Å². The number of nitrogens with zero attached hydrogens (tertiary/aromatic N) is 10. The highest BCUT2D eigenvalue weighted by molar-refractivity contribution is 5.94. The molecule has 382 valence electrons. The molecule has 1 atom stereocenters. The van der Waals surface area contributed by atoms with E-state index in [2.05, 4.69) is 30.2 Å². The van der Waals surface area contributed by atoms with E-state index in [0.29, 0.717) is 87.1 Å². The van der Waals surface area contributed by atoms with Crippen molar-refractivity contribution in [3.63, 3.8) is 0 Å². The van der Waals surface area contributed by atoms with Crippen molar-refractivity contribution in [1.82, 2.24) is 44.6 Å². The Bertz CT molecular complexity index is 2650. The number of anilines is 2. The molecular formula is C53H64F3N11O5. The lowest BCUT2D eigenvalue weighted by molar-refractivity contribution is -0.129. The fourth-order valence-electron chi connectivity index (χ4n) is 9.68. The van der Waals surface area contributed by atoms with E-state index in [1.165, 1.54) is 12.4 Å². The predicted octanol–water partition coefficient (Wildman–Crippen LogP) is 5.77. The van der Waals surface area contributed by atoms with Crippen molar-refractivity contribution in [2.45, 2.75) is 70.4 Å². The number of alkyl halides is 3. The smallest absolute Gasteiger partial charge is 0.369 e. The minimum absolute atomic E-state index is 0.0544. The Hall–Kier alpha value is -6.96. The number of aldehydes is 1. The lowest BCUT2D eigenvalue weighted by Crippen LogP contribution is -2.46. The van der Waals surface area contributed by atoms with Crippen molar-refractivity contribution in [2.24, 2.45) is 7.05 Å². The number of piperazine rings is 1. The minimum atomic E-state index is -4.73. The molecule has 7 rings (SSSR count). The van der Waals surface area contributed by atoms with Crippen molar-refractivity contribution in [1.29, 1.82) is 0 Å². The molecule has 0 radical (unpaired) electrons. The zero-order chi connectivity index (χ0) is 51.5. The van der Waals surface area contributed by atoms with Crippen molar-refractivity contribution >= 4 is 42.3 Å². The molecule has 1 aromatic heterocycles. The first-order valence-corrected chi connectivity index (χ1v) is 24.3. The molecule has 1 N–H and O–H groups in total. The number of halogens is 3. The van der Waals surface area contributed by atoms with Gasteiger partial charge in [0.15, 0.2) is 0 Å². The molecule has 4 aromatic rings. The third-order valence-electron chi connectivity index (χ3n) is 13.9. The van der Waals surface area contributed by atoms with Crippen LogP contribution in [-0.2, 0) is 40.9 Å². The van der Waals surface area contributed by atoms with Crippen molar-refractivity contribution in [3.05, 3.63) is 142 Å². The first kappa shape index (κ1) is 52.9. The number of carbonyl (C=O) groups excluding carboxylic acids is 5. The van der Waals surface area contributed by atoms with Crippen molar-refractivity contribution in [2.75, 3.05) is 76.8 Å². The maximum Gasteiger partial charge on any atom is 0.418 e. The van der Waals surface area contributed by atoms with E-state index >= 15 is 0 Å². The molecule has 3 aromatic carbocycles. The summed E-state index contributed by atoms with van der Waals surface area (Å²) in [6.07, 6.45) is 5.48. The van der Waals surface area contributed by atoms with Gasteiger partial charge in [0.1, 0.15) is 18.4 Å². The summed E-state index contributed by atoms with van der Waals surface area (Å²) in [7, 11) is 7.10. The van der Waals surface area contributed by atoms with Gasteiger partial charge in [0.05, 0.1) is 17.3 Å². The number of amides is 4. The summed E-state index contributed by atoms with van der Waals surface area (Å²) in [5.74, 6) is 0.278. The van der Waals surface area contributed by atoms with Crippen LogP contribution in [0.15, 0.2) is 108 Å². The summed E-state index contributed by atoms with van der Waals surface area (Å²) in [4.78, 5) is 74.5. The van der Waals surface area contributed by atoms with Gasteiger partial charge in [0, 0.05) is 127 Å². The van der Waals surface area contributed by atoms with Gasteiger partial charge in [-0.05, 0) is 97.1 Å². The first-order chi connectivity index (χ1) is 34.6. The SMILES string of the molecule is CCCC(C(=O)NC=O)N(C)Cc1cc(N2CCN(Cc3ccc(C(=O)N(C)C4CCN(CC5=CN(C=O)/C(=C\N(C)c6cccc(Cc7nncn7C)c6)C(C(F)(F)F)=C5)CC4)cc3)CC2)ccc1C=O. The molecule has 0 spiro atoms. The van der Waals surface area contributed by atoms with Gasteiger partial charge < -0.3 is 19.3 Å². The van der Waals surface area contributed by atoms with Gasteiger partial charge in [-0.25, -0.2) is 0 Å². The number of piperidine rings is 1. The van der Waals surface area contributed by atoms with Crippen LogP contribution in [0.5, 0.6) is 0 Å². The van der Waals surface area contributed by atoms with Gasteiger partial charge in [-0.1, -0.05) is 37.6 Å². The monoisotopic (exact) mass is 992 g/mol. The highest BCUT2D eigenvalue weighted by Crippen LogP contribution is 2.37. The molecule has 2 fully saturated rings. The number of hydrogen-bond acceptors (Lipinski definition) is 12. The second-order valence-corrected chi connectivity index (χ2v) is 18.8. The summed E-state index contributed by atoms with van der Waals surface area (Å²) < 4.78 is 45.9. The number of allylic oxidation sites excluding steroid dienone is 1. The largest absolute Gasteiger partial charge is 0.418 e. The zero-order valence-electron chi connectivity index (χ0n) is 41.6. The Balaban J connectivity index is 0.894. The number of aryl methyl sites for hydroxylation is 1. The fraction of sp³-hybridized carbons (Fsp3) is 0.415. The number of imide groups is 1. The van der Waals surface area contributed by atoms with Gasteiger partial charge in [0.2, 0.25) is 18.7 Å². The van der Waals surface area contributed by atoms with Crippen LogP contribution in [-0.4, -0.2) is 155 Å². The number of likely N-dealkylation sites (tertiary alicyclic amines) is 1. The maximum absolute atomic E-state index is 14.7. The molecule has 72 heavy (non-hydrogen) atoms. The van der Waals surface area contributed by atoms with E-state index in [4.69, 9.17) is 0 Å². The summed E-state index contributed by atoms with van der Waals surface area (Å²) in [6, 6.07) is 20.3. The number of hydrogen-bond donors (Lipinski definition) is 1. The first-order valence-electron chi connectivity index (χ1n) is 24.3. The third kappa shape index (κ3) is 13.1. The number of carbonyl (C=O) groups is 5. The standard InChI is InChI=1S/C53H64F3N11O5/c1-6-8-48(51(71)57-36-69)61(3)32-43-28-46(16-15-42(43)34-68)66-23-21-65(22-24-66)29-38-11-13-41(14-12-38)52(72)63(5)44-17-19-64(20-18-44)30-40-26-47(53(54,55)56)49(67(31-40)37-70)33-60(2)45-10-7-9-39(25-45)27-50-59-58-35-62(50)4/h7,9-16,25-26,28,31,33-37,44,48H,6,8,17-24,27,29-30,32H2,1-5H3,(H,57,69,71)/b49-33-. The van der Waals surface area contributed by atoms with Crippen molar-refractivity contribution in [3.8, 4) is 0 Å². The number of rotatable bonds is 20. The molecule has 19 heteroatoms. The third-order valence-corrected chi connectivity index (χ3v) is 13.9. The fourth-order valence-corrected chi connectivity index (χ4v) is 9.68. The normalized spacial score (nSPS) is 17.1. The van der Waals surface area contributed by atoms with E-state index in [1.54, 1.807) is 40.9 Å². The molecule has 3 aliphatic heterocycles. The average molecular weight is 992 g/mol. The number of likely N-dealkylation sites (N-methyl/N-ethyl adjacent to an activating group) is 1. The molecule has 4 heterocycles. The Labute approximate surface area is 419 Å². The van der Waals surface area contributed by atoms with Crippen LogP contribution in [0.3, 0.4) is 0 Å². The topological polar surface area (TPSA) is 151 Å². The highest BCUT2D eigenvalue weighted by Gasteiger charge is 2.40. The summed E-state index contributed by atoms with van der Waals surface area (Å²) in [5, 5.41) is 10.3. The maximum atomic E-state index is 14.7. The van der Waals surface area contributed by atoms with Gasteiger partial charge in [-0.3, -0.25) is 48.9 Å². The van der Waals surface area contributed by atoms with Crippen LogP contribution in [0.2, 0.25) is 0 Å². The number of aromatic nitrogens is 3. The summed E-state index contributed by atoms with van der Waals surface area (Å²) in [6.45, 7) is 7.55. The predicted molar refractivity (Wildman–Crippen MR) is 269 cm³/mol. The molecule has 2 saturated heterocycles. The second kappa shape index (κ2) is 24.0. The lowest BCUT2D eigenvalue weighted by Gasteiger charge is -2.37. The van der Waals surface area contributed by atoms with E-state index in [1.807, 2.05) is 86.6 Å². The van der Waals surface area contributed by atoms with Crippen LogP contribution in [0.4, 0.5) is 24.5 Å². The summed E-state index contributed by atoms with van der Waals surface area (Å²) >= 11 is 0. The Morgan fingerprint density at radius 2 is 1.61 bits per heavy atom. The van der Waals surface area contributed by atoms with E-state index < -0.39 is 17.8 Å². The van der Waals surface area contributed by atoms with Crippen LogP contribution in [0.1, 0.15) is 75.8 Å². The zero-order valence-corrected chi connectivity index (χ0v) is 41.6. The molecular weight excluding hydrogens is 928 g/mol. The Kier molecular flexibility index (Phi) is 17.6. The Morgan fingerprint density at radius 3 is 2.25 bits per heavy atom. The molecule has 0 saturated carbocycles. The molecule has 0 bridgehead atoms. The van der Waals surface area contributed by atoms with E-state index in [9.17, 15) is 37.1 Å². The van der Waals surface area contributed by atoms with Gasteiger partial charge in [-0.2, -0.15) is 13.2 Å². The number of nitrogens with one attached hydrogen (secondary N) is 1. The van der Waals surface area contributed by atoms with Crippen LogP contribution >= 0.6 is 0 Å². The van der Waals surface area contributed by atoms with Crippen LogP contribution < -0.4 is 15.1 Å². The van der Waals surface area contributed by atoms with Gasteiger partial charge in [0.25, 0.3) is 5.91 Å². The van der Waals surface area contributed by atoms with Gasteiger partial charge in [-0.15, -0.1) is 10.2 Å². The highest BCUT2D eigenvalue weighted by atomic mass is 19.4. The molecule has 3 aliphatic rings. The van der Waals surface area contributed by atoms with Crippen LogP contribution in [0, 0.1) is 0 Å². The minimum Gasteiger partial charge on any atom is -0.369 e. The van der Waals surface area contributed by atoms with Crippen LogP contribution in [0.25, 0.3) is 0 Å². The second-order valence-electron chi connectivity index (χ2n) is 18.8. The molecule has 0 aliphatic carbocycles. The summed E-state index contributed by atoms with van der Waals surface area (Å²) in [5.41, 5.74) is 4.71. The average Bonchev–Trinajstić information content (AvgIpc) is 3.78. The molecule has 16 nitrogen and oxygen atoms in total.